The number of halogens is 1. The van der Waals surface area contributed by atoms with E-state index >= 15 is 0 Å². The Hall–Kier alpha value is -1.36. The third-order valence-electron chi connectivity index (χ3n) is 4.16. The number of piperidine rings is 1. The van der Waals surface area contributed by atoms with Gasteiger partial charge in [-0.25, -0.2) is 9.97 Å². The molecule has 1 aromatic heterocycles. The van der Waals surface area contributed by atoms with E-state index in [-0.39, 0.29) is 12.5 Å². The van der Waals surface area contributed by atoms with E-state index in [2.05, 4.69) is 15.3 Å². The molecule has 2 fully saturated rings. The van der Waals surface area contributed by atoms with Gasteiger partial charge in [0, 0.05) is 24.6 Å². The summed E-state index contributed by atoms with van der Waals surface area (Å²) in [6.45, 7) is 3.90. The number of amides is 1. The molecule has 0 spiro atoms. The highest BCUT2D eigenvalue weighted by molar-refractivity contribution is 6.30. The second-order valence-corrected chi connectivity index (χ2v) is 6.27. The van der Waals surface area contributed by atoms with E-state index in [0.717, 1.165) is 50.2 Å². The number of hydrogen-bond donors (Lipinski definition) is 1. The van der Waals surface area contributed by atoms with E-state index in [1.165, 1.54) is 6.42 Å². The lowest BCUT2D eigenvalue weighted by Gasteiger charge is -2.27. The number of rotatable bonds is 4. The molecule has 2 heterocycles. The summed E-state index contributed by atoms with van der Waals surface area (Å²) in [5.41, 5.74) is 0.813. The van der Waals surface area contributed by atoms with Crippen LogP contribution in [0, 0.1) is 6.92 Å². The molecule has 1 aromatic rings. The molecule has 5 nitrogen and oxygen atoms in total. The first-order valence-corrected chi connectivity index (χ1v) is 8.08. The average Bonchev–Trinajstić information content (AvgIpc) is 3.34. The Kier molecular flexibility index (Phi) is 4.29. The molecule has 1 aliphatic heterocycles. The summed E-state index contributed by atoms with van der Waals surface area (Å²) < 4.78 is 0. The minimum Gasteiger partial charge on any atom is -0.361 e. The summed E-state index contributed by atoms with van der Waals surface area (Å²) in [5, 5.41) is 3.63. The lowest BCUT2D eigenvalue weighted by molar-refractivity contribution is -0.130. The number of carbonyl (C=O) groups is 1. The SMILES string of the molecule is Cc1c(Cl)nc(C2CC2)nc1NCC(=O)N1CCCCC1. The molecular weight excluding hydrogens is 288 g/mol. The maximum atomic E-state index is 12.2. The number of carbonyl (C=O) groups excluding carboxylic acids is 1. The first kappa shape index (κ1) is 14.6. The summed E-state index contributed by atoms with van der Waals surface area (Å²) in [4.78, 5) is 23.0. The molecule has 0 bridgehead atoms. The summed E-state index contributed by atoms with van der Waals surface area (Å²) in [6.07, 6.45) is 5.70. The number of aromatic nitrogens is 2. The molecule has 0 unspecified atom stereocenters. The standard InChI is InChI=1S/C15H21ClN4O/c1-10-13(16)18-15(11-5-6-11)19-14(10)17-9-12(21)20-7-3-2-4-8-20/h11H,2-9H2,1H3,(H,17,18,19). The van der Waals surface area contributed by atoms with Crippen molar-refractivity contribution in [1.29, 1.82) is 0 Å². The van der Waals surface area contributed by atoms with Gasteiger partial charge in [-0.05, 0) is 39.0 Å². The van der Waals surface area contributed by atoms with Gasteiger partial charge in [-0.2, -0.15) is 0 Å². The molecule has 1 aliphatic carbocycles. The Morgan fingerprint density at radius 1 is 1.29 bits per heavy atom. The lowest BCUT2D eigenvalue weighted by Crippen LogP contribution is -2.39. The van der Waals surface area contributed by atoms with Crippen LogP contribution in [-0.4, -0.2) is 40.4 Å². The van der Waals surface area contributed by atoms with Gasteiger partial charge in [0.15, 0.2) is 0 Å². The summed E-state index contributed by atoms with van der Waals surface area (Å²) in [5.74, 6) is 2.08. The van der Waals surface area contributed by atoms with Gasteiger partial charge in [0.05, 0.1) is 6.54 Å². The van der Waals surface area contributed by atoms with Crippen LogP contribution in [0.15, 0.2) is 0 Å². The Bertz CT molecular complexity index is 539. The van der Waals surface area contributed by atoms with Gasteiger partial charge in [-0.15, -0.1) is 0 Å². The molecule has 3 rings (SSSR count). The third-order valence-corrected chi connectivity index (χ3v) is 4.53. The molecule has 6 heteroatoms. The predicted molar refractivity (Wildman–Crippen MR) is 82.7 cm³/mol. The minimum atomic E-state index is 0.136. The van der Waals surface area contributed by atoms with Crippen LogP contribution in [0.2, 0.25) is 5.15 Å². The van der Waals surface area contributed by atoms with E-state index in [4.69, 9.17) is 11.6 Å². The maximum Gasteiger partial charge on any atom is 0.241 e. The van der Waals surface area contributed by atoms with E-state index < -0.39 is 0 Å². The highest BCUT2D eigenvalue weighted by Crippen LogP contribution is 2.39. The van der Waals surface area contributed by atoms with Crippen LogP contribution < -0.4 is 5.32 Å². The minimum absolute atomic E-state index is 0.136. The Morgan fingerprint density at radius 3 is 2.67 bits per heavy atom. The number of anilines is 1. The molecule has 0 radical (unpaired) electrons. The molecule has 0 aromatic carbocycles. The molecule has 2 aliphatic rings. The number of hydrogen-bond acceptors (Lipinski definition) is 4. The van der Waals surface area contributed by atoms with Gasteiger partial charge in [0.2, 0.25) is 5.91 Å². The molecule has 21 heavy (non-hydrogen) atoms. The maximum absolute atomic E-state index is 12.2. The molecule has 1 saturated heterocycles. The van der Waals surface area contributed by atoms with Gasteiger partial charge in [-0.1, -0.05) is 11.6 Å². The second-order valence-electron chi connectivity index (χ2n) is 5.92. The fraction of sp³-hybridized carbons (Fsp3) is 0.667. The Balaban J connectivity index is 1.65. The monoisotopic (exact) mass is 308 g/mol. The topological polar surface area (TPSA) is 58.1 Å². The highest BCUT2D eigenvalue weighted by atomic mass is 35.5. The van der Waals surface area contributed by atoms with Crippen LogP contribution in [0.1, 0.15) is 49.4 Å². The van der Waals surface area contributed by atoms with Crippen molar-refractivity contribution >= 4 is 23.3 Å². The van der Waals surface area contributed by atoms with Crippen LogP contribution in [0.4, 0.5) is 5.82 Å². The molecule has 1 amide bonds. The van der Waals surface area contributed by atoms with Crippen molar-refractivity contribution < 1.29 is 4.79 Å². The number of likely N-dealkylation sites (tertiary alicyclic amines) is 1. The zero-order valence-corrected chi connectivity index (χ0v) is 13.1. The zero-order chi connectivity index (χ0) is 14.8. The Morgan fingerprint density at radius 2 is 2.00 bits per heavy atom. The summed E-state index contributed by atoms with van der Waals surface area (Å²) in [7, 11) is 0. The largest absolute Gasteiger partial charge is 0.361 e. The van der Waals surface area contributed by atoms with Crippen molar-refractivity contribution in [2.45, 2.75) is 44.9 Å². The first-order chi connectivity index (χ1) is 10.1. The van der Waals surface area contributed by atoms with E-state index in [1.807, 2.05) is 11.8 Å². The molecule has 1 saturated carbocycles. The van der Waals surface area contributed by atoms with Crippen molar-refractivity contribution in [2.24, 2.45) is 0 Å². The first-order valence-electron chi connectivity index (χ1n) is 7.71. The number of nitrogens with zero attached hydrogens (tertiary/aromatic N) is 3. The van der Waals surface area contributed by atoms with Gasteiger partial charge in [0.25, 0.3) is 0 Å². The van der Waals surface area contributed by atoms with Crippen molar-refractivity contribution in [3.8, 4) is 0 Å². The van der Waals surface area contributed by atoms with Crippen LogP contribution in [0.3, 0.4) is 0 Å². The van der Waals surface area contributed by atoms with Gasteiger partial charge in [-0.3, -0.25) is 4.79 Å². The fourth-order valence-corrected chi connectivity index (χ4v) is 2.79. The lowest BCUT2D eigenvalue weighted by atomic mass is 10.1. The summed E-state index contributed by atoms with van der Waals surface area (Å²) in [6, 6.07) is 0. The van der Waals surface area contributed by atoms with E-state index in [1.54, 1.807) is 0 Å². The second kappa shape index (κ2) is 6.18. The third kappa shape index (κ3) is 3.46. The van der Waals surface area contributed by atoms with Crippen molar-refractivity contribution in [1.82, 2.24) is 14.9 Å². The molecular formula is C15H21ClN4O. The molecule has 0 atom stereocenters. The fourth-order valence-electron chi connectivity index (χ4n) is 2.62. The summed E-state index contributed by atoms with van der Waals surface area (Å²) >= 11 is 6.17. The molecule has 1 N–H and O–H groups in total. The van der Waals surface area contributed by atoms with Crippen LogP contribution in [-0.2, 0) is 4.79 Å². The highest BCUT2D eigenvalue weighted by Gasteiger charge is 2.28. The van der Waals surface area contributed by atoms with Crippen LogP contribution in [0.5, 0.6) is 0 Å². The van der Waals surface area contributed by atoms with Crippen molar-refractivity contribution in [3.05, 3.63) is 16.5 Å². The smallest absolute Gasteiger partial charge is 0.241 e. The molecule has 114 valence electrons. The van der Waals surface area contributed by atoms with Gasteiger partial charge >= 0.3 is 0 Å². The zero-order valence-electron chi connectivity index (χ0n) is 12.4. The van der Waals surface area contributed by atoms with Gasteiger partial charge in [0.1, 0.15) is 16.8 Å². The van der Waals surface area contributed by atoms with E-state index in [9.17, 15) is 4.79 Å². The van der Waals surface area contributed by atoms with Crippen LogP contribution in [0.25, 0.3) is 0 Å². The van der Waals surface area contributed by atoms with Crippen molar-refractivity contribution in [3.63, 3.8) is 0 Å². The van der Waals surface area contributed by atoms with Crippen molar-refractivity contribution in [2.75, 3.05) is 25.0 Å². The van der Waals surface area contributed by atoms with Gasteiger partial charge < -0.3 is 10.2 Å². The number of nitrogens with one attached hydrogen (secondary N) is 1. The Labute approximate surface area is 130 Å². The van der Waals surface area contributed by atoms with Crippen LogP contribution >= 0.6 is 11.6 Å². The quantitative estimate of drug-likeness (QED) is 0.869. The predicted octanol–water partition coefficient (Wildman–Crippen LogP) is 2.74. The average molecular weight is 309 g/mol. The van der Waals surface area contributed by atoms with E-state index in [0.29, 0.717) is 16.9 Å². The normalized spacial score (nSPS) is 18.7.